The van der Waals surface area contributed by atoms with E-state index in [2.05, 4.69) is 15.5 Å². The molecule has 1 atom stereocenters. The predicted octanol–water partition coefficient (Wildman–Crippen LogP) is 0.562. The molecule has 1 unspecified atom stereocenters. The molecule has 1 fully saturated rings. The quantitative estimate of drug-likeness (QED) is 0.821. The van der Waals surface area contributed by atoms with Crippen molar-refractivity contribution in [2.75, 3.05) is 19.6 Å². The molecule has 0 aromatic carbocycles. The average molecular weight is 272 g/mol. The first kappa shape index (κ1) is 13.5. The molecule has 1 aliphatic rings. The number of sulfonamides is 1. The number of H-pyrrole nitrogens is 1. The van der Waals surface area contributed by atoms with Crippen molar-refractivity contribution < 1.29 is 8.42 Å². The summed E-state index contributed by atoms with van der Waals surface area (Å²) in [5.74, 6) is 0. The number of hydrogen-bond acceptors (Lipinski definition) is 4. The first-order chi connectivity index (χ1) is 8.64. The molecule has 2 rings (SSSR count). The zero-order valence-electron chi connectivity index (χ0n) is 10.6. The third-order valence-electron chi connectivity index (χ3n) is 3.30. The van der Waals surface area contributed by atoms with E-state index >= 15 is 0 Å². The maximum Gasteiger partial charge on any atom is 0.246 e. The highest BCUT2D eigenvalue weighted by atomic mass is 32.2. The van der Waals surface area contributed by atoms with Gasteiger partial charge in [-0.3, -0.25) is 5.10 Å². The molecule has 102 valence electrons. The van der Waals surface area contributed by atoms with Gasteiger partial charge < -0.3 is 5.32 Å². The van der Waals surface area contributed by atoms with Gasteiger partial charge in [0.1, 0.15) is 4.90 Å². The van der Waals surface area contributed by atoms with Gasteiger partial charge in [-0.05, 0) is 19.4 Å². The SMILES string of the molecule is CCN(CC1CCCCN1)S(=O)(=O)c1cn[nH]c1. The number of nitrogens with one attached hydrogen (secondary N) is 2. The molecule has 7 heteroatoms. The molecule has 0 bridgehead atoms. The number of rotatable bonds is 5. The summed E-state index contributed by atoms with van der Waals surface area (Å²) in [7, 11) is -3.41. The Labute approximate surface area is 108 Å². The summed E-state index contributed by atoms with van der Waals surface area (Å²) in [5, 5.41) is 9.62. The summed E-state index contributed by atoms with van der Waals surface area (Å²) in [5.41, 5.74) is 0. The van der Waals surface area contributed by atoms with Crippen LogP contribution in [-0.4, -0.2) is 48.6 Å². The number of likely N-dealkylation sites (N-methyl/N-ethyl adjacent to an activating group) is 1. The van der Waals surface area contributed by atoms with Gasteiger partial charge in [0.15, 0.2) is 0 Å². The number of aromatic nitrogens is 2. The molecule has 18 heavy (non-hydrogen) atoms. The van der Waals surface area contributed by atoms with Gasteiger partial charge >= 0.3 is 0 Å². The van der Waals surface area contributed by atoms with Crippen LogP contribution in [0.2, 0.25) is 0 Å². The fourth-order valence-corrected chi connectivity index (χ4v) is 3.65. The molecule has 6 nitrogen and oxygen atoms in total. The molecule has 0 spiro atoms. The van der Waals surface area contributed by atoms with Gasteiger partial charge in [-0.2, -0.15) is 9.40 Å². The first-order valence-corrected chi connectivity index (χ1v) is 7.81. The van der Waals surface area contributed by atoms with E-state index in [1.165, 1.54) is 29.5 Å². The molecule has 1 saturated heterocycles. The molecular weight excluding hydrogens is 252 g/mol. The molecule has 0 saturated carbocycles. The Hall–Kier alpha value is -0.920. The van der Waals surface area contributed by atoms with Gasteiger partial charge in [0.25, 0.3) is 0 Å². The van der Waals surface area contributed by atoms with E-state index in [0.29, 0.717) is 13.1 Å². The van der Waals surface area contributed by atoms with Crippen molar-refractivity contribution >= 4 is 10.0 Å². The Kier molecular flexibility index (Phi) is 4.36. The third kappa shape index (κ3) is 2.90. The van der Waals surface area contributed by atoms with Crippen molar-refractivity contribution in [1.82, 2.24) is 19.8 Å². The Morgan fingerprint density at radius 1 is 1.50 bits per heavy atom. The van der Waals surface area contributed by atoms with Gasteiger partial charge in [-0.15, -0.1) is 0 Å². The third-order valence-corrected chi connectivity index (χ3v) is 5.21. The number of nitrogens with zero attached hydrogens (tertiary/aromatic N) is 2. The molecular formula is C11H20N4O2S. The van der Waals surface area contributed by atoms with E-state index in [4.69, 9.17) is 0 Å². The summed E-state index contributed by atoms with van der Waals surface area (Å²) in [6, 6.07) is 0.264. The molecule has 1 aromatic heterocycles. The molecule has 0 amide bonds. The van der Waals surface area contributed by atoms with E-state index in [0.717, 1.165) is 13.0 Å². The van der Waals surface area contributed by atoms with Crippen molar-refractivity contribution in [1.29, 1.82) is 0 Å². The summed E-state index contributed by atoms with van der Waals surface area (Å²) in [6.07, 6.45) is 6.16. The lowest BCUT2D eigenvalue weighted by atomic mass is 10.1. The zero-order chi connectivity index (χ0) is 13.0. The lowest BCUT2D eigenvalue weighted by Crippen LogP contribution is -2.45. The topological polar surface area (TPSA) is 78.1 Å². The molecule has 1 aliphatic heterocycles. The van der Waals surface area contributed by atoms with Crippen LogP contribution in [-0.2, 0) is 10.0 Å². The Morgan fingerprint density at radius 2 is 2.33 bits per heavy atom. The van der Waals surface area contributed by atoms with E-state index in [1.54, 1.807) is 0 Å². The highest BCUT2D eigenvalue weighted by Gasteiger charge is 2.27. The predicted molar refractivity (Wildman–Crippen MR) is 68.7 cm³/mol. The number of aromatic amines is 1. The van der Waals surface area contributed by atoms with Gasteiger partial charge in [0, 0.05) is 25.3 Å². The van der Waals surface area contributed by atoms with Crippen LogP contribution in [0.1, 0.15) is 26.2 Å². The van der Waals surface area contributed by atoms with E-state index in [1.807, 2.05) is 6.92 Å². The molecule has 0 radical (unpaired) electrons. The molecule has 1 aromatic rings. The van der Waals surface area contributed by atoms with Crippen molar-refractivity contribution in [3.8, 4) is 0 Å². The second-order valence-corrected chi connectivity index (χ2v) is 6.47. The normalized spacial score (nSPS) is 21.3. The second-order valence-electron chi connectivity index (χ2n) is 4.54. The smallest absolute Gasteiger partial charge is 0.246 e. The minimum absolute atomic E-state index is 0.236. The summed E-state index contributed by atoms with van der Waals surface area (Å²) < 4.78 is 26.2. The zero-order valence-corrected chi connectivity index (χ0v) is 11.4. The van der Waals surface area contributed by atoms with E-state index in [-0.39, 0.29) is 10.9 Å². The molecule has 2 heterocycles. The monoisotopic (exact) mass is 272 g/mol. The average Bonchev–Trinajstić information content (AvgIpc) is 2.91. The summed E-state index contributed by atoms with van der Waals surface area (Å²) in [4.78, 5) is 0.236. The van der Waals surface area contributed by atoms with Gasteiger partial charge in [0.2, 0.25) is 10.0 Å². The highest BCUT2D eigenvalue weighted by Crippen LogP contribution is 2.16. The van der Waals surface area contributed by atoms with Crippen molar-refractivity contribution in [2.24, 2.45) is 0 Å². The van der Waals surface area contributed by atoms with Crippen LogP contribution in [0.25, 0.3) is 0 Å². The van der Waals surface area contributed by atoms with E-state index < -0.39 is 10.0 Å². The standard InChI is InChI=1S/C11H20N4O2S/c1-2-15(9-10-5-3-4-6-12-10)18(16,17)11-7-13-14-8-11/h7-8,10,12H,2-6,9H2,1H3,(H,13,14). The van der Waals surface area contributed by atoms with Crippen LogP contribution < -0.4 is 5.32 Å². The number of hydrogen-bond donors (Lipinski definition) is 2. The molecule has 2 N–H and O–H groups in total. The highest BCUT2D eigenvalue weighted by molar-refractivity contribution is 7.89. The fourth-order valence-electron chi connectivity index (χ4n) is 2.25. The van der Waals surface area contributed by atoms with Crippen molar-refractivity contribution in [3.05, 3.63) is 12.4 Å². The van der Waals surface area contributed by atoms with Crippen LogP contribution in [0.15, 0.2) is 17.3 Å². The largest absolute Gasteiger partial charge is 0.313 e. The summed E-state index contributed by atoms with van der Waals surface area (Å²) >= 11 is 0. The number of piperidine rings is 1. The fraction of sp³-hybridized carbons (Fsp3) is 0.727. The lowest BCUT2D eigenvalue weighted by Gasteiger charge is -2.29. The Morgan fingerprint density at radius 3 is 2.89 bits per heavy atom. The van der Waals surface area contributed by atoms with Crippen LogP contribution >= 0.6 is 0 Å². The van der Waals surface area contributed by atoms with Crippen molar-refractivity contribution in [3.63, 3.8) is 0 Å². The minimum atomic E-state index is -3.41. The Bertz CT molecular complexity index is 451. The van der Waals surface area contributed by atoms with Crippen LogP contribution in [0.4, 0.5) is 0 Å². The van der Waals surface area contributed by atoms with Gasteiger partial charge in [-0.25, -0.2) is 8.42 Å². The van der Waals surface area contributed by atoms with Crippen LogP contribution in [0.5, 0.6) is 0 Å². The van der Waals surface area contributed by atoms with Gasteiger partial charge in [-0.1, -0.05) is 13.3 Å². The van der Waals surface area contributed by atoms with Crippen LogP contribution in [0.3, 0.4) is 0 Å². The van der Waals surface area contributed by atoms with E-state index in [9.17, 15) is 8.42 Å². The maximum atomic E-state index is 12.3. The summed E-state index contributed by atoms with van der Waals surface area (Å²) in [6.45, 7) is 3.85. The maximum absolute atomic E-state index is 12.3. The molecule has 0 aliphatic carbocycles. The lowest BCUT2D eigenvalue weighted by molar-refractivity contribution is 0.319. The first-order valence-electron chi connectivity index (χ1n) is 6.37. The minimum Gasteiger partial charge on any atom is -0.313 e. The van der Waals surface area contributed by atoms with Crippen LogP contribution in [0, 0.1) is 0 Å². The van der Waals surface area contributed by atoms with Gasteiger partial charge in [0.05, 0.1) is 6.20 Å². The second kappa shape index (κ2) is 5.81. The Balaban J connectivity index is 2.08. The van der Waals surface area contributed by atoms with Crippen molar-refractivity contribution in [2.45, 2.75) is 37.1 Å².